The van der Waals surface area contributed by atoms with E-state index in [1.807, 2.05) is 30.3 Å². The molecule has 2 rings (SSSR count). The van der Waals surface area contributed by atoms with E-state index in [4.69, 9.17) is 4.74 Å². The van der Waals surface area contributed by atoms with Gasteiger partial charge in [0.1, 0.15) is 12.6 Å². The highest BCUT2D eigenvalue weighted by Gasteiger charge is 2.35. The smallest absolute Gasteiger partial charge is 0.323 e. The van der Waals surface area contributed by atoms with Crippen molar-refractivity contribution >= 4 is 5.97 Å². The minimum atomic E-state index is -0.145. The largest absolute Gasteiger partial charge is 0.460 e. The van der Waals surface area contributed by atoms with E-state index in [2.05, 4.69) is 19.2 Å². The summed E-state index contributed by atoms with van der Waals surface area (Å²) in [5.74, 6) is 0.744. The van der Waals surface area contributed by atoms with Crippen LogP contribution in [0.2, 0.25) is 0 Å². The Bertz CT molecular complexity index is 377. The molecule has 0 spiro atoms. The Kier molecular flexibility index (Phi) is 3.79. The van der Waals surface area contributed by atoms with Gasteiger partial charge in [-0.25, -0.2) is 0 Å². The van der Waals surface area contributed by atoms with Gasteiger partial charge in [-0.2, -0.15) is 0 Å². The summed E-state index contributed by atoms with van der Waals surface area (Å²) < 4.78 is 5.33. The van der Waals surface area contributed by atoms with Crippen molar-refractivity contribution in [2.24, 2.45) is 11.8 Å². The average molecular weight is 233 g/mol. The van der Waals surface area contributed by atoms with Crippen LogP contribution in [0.15, 0.2) is 30.3 Å². The maximum atomic E-state index is 11.9. The van der Waals surface area contributed by atoms with Crippen molar-refractivity contribution in [2.75, 3.05) is 6.54 Å². The predicted molar refractivity (Wildman–Crippen MR) is 66.4 cm³/mol. The second-order valence-electron chi connectivity index (χ2n) is 4.82. The third kappa shape index (κ3) is 2.86. The Labute approximate surface area is 102 Å². The van der Waals surface area contributed by atoms with Crippen molar-refractivity contribution in [3.63, 3.8) is 0 Å². The van der Waals surface area contributed by atoms with E-state index < -0.39 is 0 Å². The number of carbonyl (C=O) groups is 1. The van der Waals surface area contributed by atoms with Gasteiger partial charge in [0, 0.05) is 0 Å². The first-order valence-corrected chi connectivity index (χ1v) is 6.12. The first kappa shape index (κ1) is 12.1. The Morgan fingerprint density at radius 2 is 2.06 bits per heavy atom. The number of rotatable bonds is 3. The Hall–Kier alpha value is -1.35. The second kappa shape index (κ2) is 5.32. The quantitative estimate of drug-likeness (QED) is 0.811. The molecule has 0 bridgehead atoms. The molecule has 0 amide bonds. The molecule has 0 radical (unpaired) electrons. The van der Waals surface area contributed by atoms with Crippen LogP contribution in [0.4, 0.5) is 0 Å². The number of esters is 1. The lowest BCUT2D eigenvalue weighted by Gasteiger charge is -2.16. The molecule has 1 N–H and O–H groups in total. The van der Waals surface area contributed by atoms with Crippen LogP contribution >= 0.6 is 0 Å². The van der Waals surface area contributed by atoms with Gasteiger partial charge in [0.05, 0.1) is 0 Å². The molecular weight excluding hydrogens is 214 g/mol. The first-order valence-electron chi connectivity index (χ1n) is 6.12. The lowest BCUT2D eigenvalue weighted by Crippen LogP contribution is -2.36. The zero-order valence-corrected chi connectivity index (χ0v) is 10.3. The van der Waals surface area contributed by atoms with Crippen LogP contribution in [0.5, 0.6) is 0 Å². The van der Waals surface area contributed by atoms with Crippen LogP contribution in [0, 0.1) is 11.8 Å². The molecule has 3 nitrogen and oxygen atoms in total. The SMILES string of the molecule is CC1CNC(C(=O)OCc2ccccc2)C1C. The molecule has 0 saturated carbocycles. The Morgan fingerprint density at radius 1 is 1.35 bits per heavy atom. The molecule has 1 heterocycles. The third-order valence-corrected chi connectivity index (χ3v) is 3.56. The van der Waals surface area contributed by atoms with Crippen LogP contribution in [-0.4, -0.2) is 18.6 Å². The Morgan fingerprint density at radius 3 is 2.65 bits per heavy atom. The van der Waals surface area contributed by atoms with Crippen LogP contribution < -0.4 is 5.32 Å². The molecule has 1 aliphatic rings. The highest BCUT2D eigenvalue weighted by atomic mass is 16.5. The monoisotopic (exact) mass is 233 g/mol. The van der Waals surface area contributed by atoms with E-state index in [9.17, 15) is 4.79 Å². The third-order valence-electron chi connectivity index (χ3n) is 3.56. The van der Waals surface area contributed by atoms with Crippen molar-refractivity contribution in [1.82, 2.24) is 5.32 Å². The van der Waals surface area contributed by atoms with Gasteiger partial charge in [0.2, 0.25) is 0 Å². The fourth-order valence-electron chi connectivity index (χ4n) is 2.13. The topological polar surface area (TPSA) is 38.3 Å². The number of nitrogens with one attached hydrogen (secondary N) is 1. The molecule has 1 fully saturated rings. The summed E-state index contributed by atoms with van der Waals surface area (Å²) in [4.78, 5) is 11.9. The molecule has 3 atom stereocenters. The zero-order chi connectivity index (χ0) is 12.3. The number of ether oxygens (including phenoxy) is 1. The highest BCUT2D eigenvalue weighted by Crippen LogP contribution is 2.22. The standard InChI is InChI=1S/C14H19NO2/c1-10-8-15-13(11(10)2)14(16)17-9-12-6-4-3-5-7-12/h3-7,10-11,13,15H,8-9H2,1-2H3. The minimum absolute atomic E-state index is 0.134. The molecule has 1 aromatic rings. The predicted octanol–water partition coefficient (Wildman–Crippen LogP) is 1.97. The van der Waals surface area contributed by atoms with Gasteiger partial charge < -0.3 is 10.1 Å². The molecule has 0 aliphatic carbocycles. The van der Waals surface area contributed by atoms with E-state index in [-0.39, 0.29) is 12.0 Å². The molecule has 0 aromatic heterocycles. The van der Waals surface area contributed by atoms with Crippen molar-refractivity contribution < 1.29 is 9.53 Å². The van der Waals surface area contributed by atoms with E-state index in [1.165, 1.54) is 0 Å². The van der Waals surface area contributed by atoms with Gasteiger partial charge in [-0.05, 0) is 23.9 Å². The summed E-state index contributed by atoms with van der Waals surface area (Å²) in [5.41, 5.74) is 1.03. The fraction of sp³-hybridized carbons (Fsp3) is 0.500. The zero-order valence-electron chi connectivity index (χ0n) is 10.3. The maximum Gasteiger partial charge on any atom is 0.323 e. The molecule has 92 valence electrons. The van der Waals surface area contributed by atoms with Crippen LogP contribution in [0.1, 0.15) is 19.4 Å². The lowest BCUT2D eigenvalue weighted by molar-refractivity contribution is -0.148. The molecule has 3 unspecified atom stereocenters. The van der Waals surface area contributed by atoms with Gasteiger partial charge >= 0.3 is 5.97 Å². The van der Waals surface area contributed by atoms with Gasteiger partial charge in [-0.1, -0.05) is 44.2 Å². The molecule has 3 heteroatoms. The number of hydrogen-bond acceptors (Lipinski definition) is 3. The summed E-state index contributed by atoms with van der Waals surface area (Å²) >= 11 is 0. The summed E-state index contributed by atoms with van der Waals surface area (Å²) in [7, 11) is 0. The van der Waals surface area contributed by atoms with Crippen molar-refractivity contribution in [2.45, 2.75) is 26.5 Å². The van der Waals surface area contributed by atoms with Crippen molar-refractivity contribution in [3.8, 4) is 0 Å². The molecule has 1 aromatic carbocycles. The Balaban J connectivity index is 1.86. The summed E-state index contributed by atoms with van der Waals surface area (Å²) in [6.07, 6.45) is 0. The molecule has 17 heavy (non-hydrogen) atoms. The maximum absolute atomic E-state index is 11.9. The first-order chi connectivity index (χ1) is 8.18. The van der Waals surface area contributed by atoms with Crippen LogP contribution in [0.25, 0.3) is 0 Å². The van der Waals surface area contributed by atoms with E-state index >= 15 is 0 Å². The van der Waals surface area contributed by atoms with Crippen molar-refractivity contribution in [3.05, 3.63) is 35.9 Å². The van der Waals surface area contributed by atoms with Crippen molar-refractivity contribution in [1.29, 1.82) is 0 Å². The van der Waals surface area contributed by atoms with Gasteiger partial charge in [-0.3, -0.25) is 4.79 Å². The number of carbonyl (C=O) groups excluding carboxylic acids is 1. The van der Waals surface area contributed by atoms with E-state index in [1.54, 1.807) is 0 Å². The minimum Gasteiger partial charge on any atom is -0.460 e. The van der Waals surface area contributed by atoms with E-state index in [0.717, 1.165) is 12.1 Å². The molecule has 1 aliphatic heterocycles. The molecule has 1 saturated heterocycles. The average Bonchev–Trinajstić information content (AvgIpc) is 2.69. The van der Waals surface area contributed by atoms with Gasteiger partial charge in [0.15, 0.2) is 0 Å². The second-order valence-corrected chi connectivity index (χ2v) is 4.82. The van der Waals surface area contributed by atoms with E-state index in [0.29, 0.717) is 18.4 Å². The molecular formula is C14H19NO2. The summed E-state index contributed by atoms with van der Waals surface area (Å²) in [6, 6.07) is 9.62. The lowest BCUT2D eigenvalue weighted by atomic mass is 9.94. The normalized spacial score (nSPS) is 28.0. The highest BCUT2D eigenvalue weighted by molar-refractivity contribution is 5.76. The number of hydrogen-bond donors (Lipinski definition) is 1. The summed E-state index contributed by atoms with van der Waals surface area (Å²) in [6.45, 7) is 5.51. The number of benzene rings is 1. The fourth-order valence-corrected chi connectivity index (χ4v) is 2.13. The van der Waals surface area contributed by atoms with Gasteiger partial charge in [0.25, 0.3) is 0 Å². The van der Waals surface area contributed by atoms with Crippen LogP contribution in [0.3, 0.4) is 0 Å². The van der Waals surface area contributed by atoms with Gasteiger partial charge in [-0.15, -0.1) is 0 Å². The summed E-state index contributed by atoms with van der Waals surface area (Å²) in [5, 5.41) is 3.22. The van der Waals surface area contributed by atoms with Crippen LogP contribution in [-0.2, 0) is 16.1 Å².